The van der Waals surface area contributed by atoms with E-state index in [1.165, 1.54) is 17.5 Å². The zero-order valence-corrected chi connectivity index (χ0v) is 20.5. The van der Waals surface area contributed by atoms with Crippen molar-refractivity contribution >= 4 is 40.7 Å². The van der Waals surface area contributed by atoms with Gasteiger partial charge in [-0.2, -0.15) is 0 Å². The molecule has 6 nitrogen and oxygen atoms in total. The summed E-state index contributed by atoms with van der Waals surface area (Å²) < 4.78 is 19.0. The minimum atomic E-state index is -0.225. The molecule has 2 N–H and O–H groups in total. The third-order valence-electron chi connectivity index (χ3n) is 5.61. The number of pyridine rings is 1. The van der Waals surface area contributed by atoms with Crippen molar-refractivity contribution in [1.29, 1.82) is 0 Å². The highest BCUT2D eigenvalue weighted by Gasteiger charge is 2.23. The first-order valence-corrected chi connectivity index (χ1v) is 10.6. The summed E-state index contributed by atoms with van der Waals surface area (Å²) in [7, 11) is 1.76. The maximum absolute atomic E-state index is 13.4. The number of halogens is 2. The van der Waals surface area contributed by atoms with E-state index >= 15 is 0 Å². The van der Waals surface area contributed by atoms with Crippen LogP contribution in [0.3, 0.4) is 0 Å². The molecule has 0 radical (unpaired) electrons. The molecule has 2 heterocycles. The summed E-state index contributed by atoms with van der Waals surface area (Å²) in [5, 5.41) is 9.10. The number of aromatic nitrogens is 1. The maximum atomic E-state index is 13.4. The number of aliphatic imine (C=N–C) groups is 1. The average molecular weight is 549 g/mol. The fourth-order valence-corrected chi connectivity index (χ4v) is 3.94. The molecule has 4 rings (SSSR count). The Morgan fingerprint density at radius 3 is 2.59 bits per heavy atom. The number of ether oxygens (including phenoxy) is 1. The Labute approximate surface area is 205 Å². The molecule has 0 aliphatic carbocycles. The van der Waals surface area contributed by atoms with Crippen LogP contribution in [0.15, 0.2) is 65.8 Å². The van der Waals surface area contributed by atoms with E-state index in [0.29, 0.717) is 32.3 Å². The van der Waals surface area contributed by atoms with E-state index in [2.05, 4.69) is 37.6 Å². The lowest BCUT2D eigenvalue weighted by molar-refractivity contribution is 0.0170. The highest BCUT2D eigenvalue weighted by molar-refractivity contribution is 14.0. The molecule has 3 aromatic rings. The number of hydrogen-bond donors (Lipinski definition) is 2. The first-order valence-electron chi connectivity index (χ1n) is 10.6. The van der Waals surface area contributed by atoms with E-state index in [1.807, 2.05) is 36.5 Å². The second-order valence-corrected chi connectivity index (χ2v) is 7.50. The van der Waals surface area contributed by atoms with Crippen LogP contribution in [-0.2, 0) is 11.3 Å². The van der Waals surface area contributed by atoms with Crippen LogP contribution < -0.4 is 10.6 Å². The molecule has 1 aromatic heterocycles. The van der Waals surface area contributed by atoms with Gasteiger partial charge in [-0.05, 0) is 29.1 Å². The van der Waals surface area contributed by atoms with Crippen molar-refractivity contribution in [3.8, 4) is 0 Å². The van der Waals surface area contributed by atoms with E-state index in [9.17, 15) is 4.39 Å². The van der Waals surface area contributed by atoms with Crippen LogP contribution in [0.4, 0.5) is 4.39 Å². The molecular weight excluding hydrogens is 520 g/mol. The fourth-order valence-electron chi connectivity index (χ4n) is 3.94. The maximum Gasteiger partial charge on any atom is 0.191 e. The Morgan fingerprint density at radius 2 is 1.84 bits per heavy atom. The van der Waals surface area contributed by atoms with Gasteiger partial charge in [0.05, 0.1) is 31.5 Å². The molecule has 0 saturated carbocycles. The summed E-state index contributed by atoms with van der Waals surface area (Å²) in [5.74, 6) is 0.479. The van der Waals surface area contributed by atoms with Crippen LogP contribution in [0.25, 0.3) is 10.8 Å². The molecule has 8 heteroatoms. The lowest BCUT2D eigenvalue weighted by Gasteiger charge is -2.35. The predicted molar refractivity (Wildman–Crippen MR) is 137 cm³/mol. The van der Waals surface area contributed by atoms with Crippen LogP contribution in [0.2, 0.25) is 0 Å². The highest BCUT2D eigenvalue weighted by Crippen LogP contribution is 2.22. The quantitative estimate of drug-likeness (QED) is 0.279. The topological polar surface area (TPSA) is 61.8 Å². The summed E-state index contributed by atoms with van der Waals surface area (Å²) in [6, 6.07) is 17.1. The van der Waals surface area contributed by atoms with Gasteiger partial charge in [0.2, 0.25) is 0 Å². The van der Waals surface area contributed by atoms with E-state index < -0.39 is 0 Å². The van der Waals surface area contributed by atoms with Crippen LogP contribution >= 0.6 is 24.0 Å². The lowest BCUT2D eigenvalue weighted by atomic mass is 10.0. The molecule has 0 spiro atoms. The number of rotatable bonds is 6. The first kappa shape index (κ1) is 24.3. The van der Waals surface area contributed by atoms with Crippen LogP contribution in [-0.4, -0.2) is 55.7 Å². The third-order valence-corrected chi connectivity index (χ3v) is 5.61. The summed E-state index contributed by atoms with van der Waals surface area (Å²) in [4.78, 5) is 11.3. The Bertz CT molecular complexity index is 1020. The number of nitrogens with zero attached hydrogens (tertiary/aromatic N) is 3. The van der Waals surface area contributed by atoms with Crippen molar-refractivity contribution < 1.29 is 9.13 Å². The summed E-state index contributed by atoms with van der Waals surface area (Å²) in [6.07, 6.45) is 1.83. The molecule has 0 bridgehead atoms. The van der Waals surface area contributed by atoms with Gasteiger partial charge in [-0.3, -0.25) is 14.9 Å². The van der Waals surface area contributed by atoms with Crippen molar-refractivity contribution in [3.63, 3.8) is 0 Å². The molecule has 1 saturated heterocycles. The third kappa shape index (κ3) is 6.14. The second kappa shape index (κ2) is 12.1. The monoisotopic (exact) mass is 549 g/mol. The van der Waals surface area contributed by atoms with E-state index in [1.54, 1.807) is 7.05 Å². The van der Waals surface area contributed by atoms with Crippen LogP contribution in [0.1, 0.15) is 17.3 Å². The SMILES string of the molecule is CN=C(NCc1nccc2ccccc12)NCC(c1ccc(F)cc1)N1CCOCC1.I. The number of guanidine groups is 1. The van der Waals surface area contributed by atoms with E-state index in [4.69, 9.17) is 4.74 Å². The largest absolute Gasteiger partial charge is 0.379 e. The van der Waals surface area contributed by atoms with E-state index in [0.717, 1.165) is 29.7 Å². The molecule has 1 fully saturated rings. The Balaban J connectivity index is 0.00000289. The number of hydrogen-bond acceptors (Lipinski definition) is 4. The molecule has 1 aliphatic rings. The zero-order chi connectivity index (χ0) is 21.5. The number of nitrogens with one attached hydrogen (secondary N) is 2. The van der Waals surface area contributed by atoms with Gasteiger partial charge in [0.25, 0.3) is 0 Å². The summed E-state index contributed by atoms with van der Waals surface area (Å²) >= 11 is 0. The number of fused-ring (bicyclic) bond motifs is 1. The van der Waals surface area contributed by atoms with Gasteiger partial charge in [-0.1, -0.05) is 36.4 Å². The van der Waals surface area contributed by atoms with Gasteiger partial charge in [0.1, 0.15) is 5.82 Å². The lowest BCUT2D eigenvalue weighted by Crippen LogP contribution is -2.46. The van der Waals surface area contributed by atoms with Crippen molar-refractivity contribution in [2.45, 2.75) is 12.6 Å². The van der Waals surface area contributed by atoms with Crippen molar-refractivity contribution in [2.75, 3.05) is 39.9 Å². The zero-order valence-electron chi connectivity index (χ0n) is 18.1. The molecule has 170 valence electrons. The van der Waals surface area contributed by atoms with Crippen molar-refractivity contribution in [1.82, 2.24) is 20.5 Å². The van der Waals surface area contributed by atoms with Gasteiger partial charge in [0, 0.05) is 38.3 Å². The normalized spacial score (nSPS) is 15.8. The summed E-state index contributed by atoms with van der Waals surface area (Å²) in [5.41, 5.74) is 2.05. The average Bonchev–Trinajstić information content (AvgIpc) is 2.83. The standard InChI is InChI=1S/C24H28FN5O.HI/c1-26-24(28-16-22-21-5-3-2-4-18(21)10-11-27-22)29-17-23(30-12-14-31-15-13-30)19-6-8-20(25)9-7-19;/h2-11,23H,12-17H2,1H3,(H2,26,28,29);1H. The molecule has 32 heavy (non-hydrogen) atoms. The molecule has 1 atom stereocenters. The van der Waals surface area contributed by atoms with Gasteiger partial charge in [0.15, 0.2) is 5.96 Å². The van der Waals surface area contributed by atoms with Crippen LogP contribution in [0, 0.1) is 5.82 Å². The molecule has 0 amide bonds. The Hall–Kier alpha value is -2.30. The first-order chi connectivity index (χ1) is 15.2. The molecule has 1 aliphatic heterocycles. The van der Waals surface area contributed by atoms with E-state index in [-0.39, 0.29) is 35.8 Å². The van der Waals surface area contributed by atoms with Gasteiger partial charge in [-0.25, -0.2) is 4.39 Å². The molecular formula is C24H29FIN5O. The number of benzene rings is 2. The van der Waals surface area contributed by atoms with Crippen molar-refractivity contribution in [2.24, 2.45) is 4.99 Å². The smallest absolute Gasteiger partial charge is 0.191 e. The molecule has 1 unspecified atom stereocenters. The second-order valence-electron chi connectivity index (χ2n) is 7.50. The number of morpholine rings is 1. The molecule has 2 aromatic carbocycles. The fraction of sp³-hybridized carbons (Fsp3) is 0.333. The van der Waals surface area contributed by atoms with Crippen molar-refractivity contribution in [3.05, 3.63) is 77.9 Å². The minimum Gasteiger partial charge on any atom is -0.379 e. The Kier molecular flexibility index (Phi) is 9.19. The highest BCUT2D eigenvalue weighted by atomic mass is 127. The summed E-state index contributed by atoms with van der Waals surface area (Å²) in [6.45, 7) is 4.31. The van der Waals surface area contributed by atoms with Gasteiger partial charge in [-0.15, -0.1) is 24.0 Å². The predicted octanol–water partition coefficient (Wildman–Crippen LogP) is 3.73. The van der Waals surface area contributed by atoms with Gasteiger partial charge >= 0.3 is 0 Å². The Morgan fingerprint density at radius 1 is 1.09 bits per heavy atom. The van der Waals surface area contributed by atoms with Crippen LogP contribution in [0.5, 0.6) is 0 Å². The van der Waals surface area contributed by atoms with Gasteiger partial charge < -0.3 is 15.4 Å². The minimum absolute atomic E-state index is 0.